The van der Waals surface area contributed by atoms with Gasteiger partial charge in [-0.2, -0.15) is 0 Å². The topological polar surface area (TPSA) is 71.3 Å². The molecule has 0 atom stereocenters. The molecule has 5 nitrogen and oxygen atoms in total. The lowest BCUT2D eigenvalue weighted by molar-refractivity contribution is 0.492. The number of hydrogen-bond acceptors (Lipinski definition) is 4. The van der Waals surface area contributed by atoms with Crippen molar-refractivity contribution in [3.8, 4) is 0 Å². The molecule has 120 valence electrons. The molecular weight excluding hydrogens is 288 g/mol. The third-order valence-electron chi connectivity index (χ3n) is 3.81. The predicted octanol–water partition coefficient (Wildman–Crippen LogP) is 2.62. The van der Waals surface area contributed by atoms with Crippen LogP contribution in [0.2, 0.25) is 0 Å². The predicted molar refractivity (Wildman–Crippen MR) is 82.8 cm³/mol. The lowest BCUT2D eigenvalue weighted by Crippen LogP contribution is -2.27. The van der Waals surface area contributed by atoms with E-state index in [4.69, 9.17) is 4.42 Å². The van der Waals surface area contributed by atoms with Crippen molar-refractivity contribution in [1.82, 2.24) is 10.0 Å². The van der Waals surface area contributed by atoms with Crippen LogP contribution in [0, 0.1) is 13.8 Å². The molecule has 1 aromatic rings. The summed E-state index contributed by atoms with van der Waals surface area (Å²) < 4.78 is 33.3. The SMILES string of the molecule is CCCCCNS(=O)(=O)c1c(C)oc(C)c1CNC1CC1. The second-order valence-corrected chi connectivity index (χ2v) is 7.49. The largest absolute Gasteiger partial charge is 0.465 e. The van der Waals surface area contributed by atoms with Crippen molar-refractivity contribution in [2.75, 3.05) is 6.54 Å². The number of hydrogen-bond donors (Lipinski definition) is 2. The number of nitrogens with one attached hydrogen (secondary N) is 2. The van der Waals surface area contributed by atoms with Crippen LogP contribution in [0.1, 0.15) is 56.1 Å². The first kappa shape index (κ1) is 16.5. The van der Waals surface area contributed by atoms with Gasteiger partial charge in [-0.05, 0) is 33.1 Å². The van der Waals surface area contributed by atoms with Crippen molar-refractivity contribution in [2.45, 2.75) is 70.4 Å². The van der Waals surface area contributed by atoms with Crippen LogP contribution in [-0.4, -0.2) is 21.0 Å². The molecule has 0 saturated heterocycles. The van der Waals surface area contributed by atoms with Gasteiger partial charge in [-0.3, -0.25) is 0 Å². The summed E-state index contributed by atoms with van der Waals surface area (Å²) in [5.74, 6) is 1.16. The lowest BCUT2D eigenvalue weighted by Gasteiger charge is -2.09. The Bertz CT molecular complexity index is 574. The quantitative estimate of drug-likeness (QED) is 0.687. The van der Waals surface area contributed by atoms with Crippen LogP contribution in [0.25, 0.3) is 0 Å². The standard InChI is InChI=1S/C15H26N2O3S/c1-4-5-6-9-17-21(18,19)15-12(3)20-11(2)14(15)10-16-13-7-8-13/h13,16-17H,4-10H2,1-3H3. The first-order chi connectivity index (χ1) is 9.95. The van der Waals surface area contributed by atoms with Crippen molar-refractivity contribution >= 4 is 10.0 Å². The van der Waals surface area contributed by atoms with Crippen LogP contribution in [0.4, 0.5) is 0 Å². The van der Waals surface area contributed by atoms with E-state index in [9.17, 15) is 8.42 Å². The van der Waals surface area contributed by atoms with Crippen molar-refractivity contribution < 1.29 is 12.8 Å². The summed E-state index contributed by atoms with van der Waals surface area (Å²) in [7, 11) is -3.49. The fourth-order valence-electron chi connectivity index (χ4n) is 2.45. The second-order valence-electron chi connectivity index (χ2n) is 5.78. The van der Waals surface area contributed by atoms with Gasteiger partial charge < -0.3 is 9.73 Å². The molecule has 1 saturated carbocycles. The molecule has 21 heavy (non-hydrogen) atoms. The molecule has 1 fully saturated rings. The molecule has 1 aromatic heterocycles. The highest BCUT2D eigenvalue weighted by Crippen LogP contribution is 2.28. The molecule has 0 aliphatic heterocycles. The van der Waals surface area contributed by atoms with E-state index in [1.165, 1.54) is 12.8 Å². The number of rotatable bonds is 9. The molecule has 6 heteroatoms. The zero-order valence-corrected chi connectivity index (χ0v) is 14.0. The molecule has 0 radical (unpaired) electrons. The van der Waals surface area contributed by atoms with E-state index in [0.29, 0.717) is 35.5 Å². The number of aryl methyl sites for hydroxylation is 2. The molecule has 2 N–H and O–H groups in total. The van der Waals surface area contributed by atoms with Gasteiger partial charge in [-0.15, -0.1) is 0 Å². The van der Waals surface area contributed by atoms with Crippen molar-refractivity contribution in [3.63, 3.8) is 0 Å². The van der Waals surface area contributed by atoms with Gasteiger partial charge in [0.2, 0.25) is 10.0 Å². The Labute approximate surface area is 127 Å². The summed E-state index contributed by atoms with van der Waals surface area (Å²) in [6, 6.07) is 0.535. The highest BCUT2D eigenvalue weighted by molar-refractivity contribution is 7.89. The summed E-state index contributed by atoms with van der Waals surface area (Å²) in [5.41, 5.74) is 0.766. The van der Waals surface area contributed by atoms with E-state index in [0.717, 1.165) is 24.8 Å². The minimum Gasteiger partial charge on any atom is -0.465 e. The number of unbranched alkanes of at least 4 members (excludes halogenated alkanes) is 2. The maximum Gasteiger partial charge on any atom is 0.244 e. The Morgan fingerprint density at radius 1 is 1.19 bits per heavy atom. The summed E-state index contributed by atoms with van der Waals surface area (Å²) >= 11 is 0. The van der Waals surface area contributed by atoms with Crippen LogP contribution < -0.4 is 10.0 Å². The third kappa shape index (κ3) is 4.31. The van der Waals surface area contributed by atoms with Crippen LogP contribution in [0.15, 0.2) is 9.31 Å². The summed E-state index contributed by atoms with van der Waals surface area (Å²) in [5, 5.41) is 3.36. The Morgan fingerprint density at radius 2 is 1.90 bits per heavy atom. The normalized spacial score (nSPS) is 15.6. The molecule has 0 amide bonds. The van der Waals surface area contributed by atoms with E-state index < -0.39 is 10.0 Å². The van der Waals surface area contributed by atoms with E-state index in [1.807, 2.05) is 6.92 Å². The zero-order valence-electron chi connectivity index (χ0n) is 13.2. The van der Waals surface area contributed by atoms with E-state index in [-0.39, 0.29) is 0 Å². The van der Waals surface area contributed by atoms with Gasteiger partial charge in [-0.1, -0.05) is 19.8 Å². The first-order valence-corrected chi connectivity index (χ1v) is 9.26. The molecular formula is C15H26N2O3S. The molecule has 1 aliphatic rings. The van der Waals surface area contributed by atoms with Crippen LogP contribution in [0.5, 0.6) is 0 Å². The fourth-order valence-corrected chi connectivity index (χ4v) is 3.97. The van der Waals surface area contributed by atoms with E-state index >= 15 is 0 Å². The average Bonchev–Trinajstić information content (AvgIpc) is 3.18. The van der Waals surface area contributed by atoms with Crippen molar-refractivity contribution in [3.05, 3.63) is 17.1 Å². The Kier molecular flexibility index (Phi) is 5.46. The zero-order chi connectivity index (χ0) is 15.5. The third-order valence-corrected chi connectivity index (χ3v) is 5.47. The maximum absolute atomic E-state index is 12.5. The molecule has 2 rings (SSSR count). The van der Waals surface area contributed by atoms with E-state index in [1.54, 1.807) is 6.92 Å². The highest BCUT2D eigenvalue weighted by atomic mass is 32.2. The van der Waals surface area contributed by atoms with Gasteiger partial charge >= 0.3 is 0 Å². The fraction of sp³-hybridized carbons (Fsp3) is 0.733. The molecule has 0 aromatic carbocycles. The number of sulfonamides is 1. The van der Waals surface area contributed by atoms with Crippen LogP contribution in [-0.2, 0) is 16.6 Å². The van der Waals surface area contributed by atoms with Crippen molar-refractivity contribution in [1.29, 1.82) is 0 Å². The smallest absolute Gasteiger partial charge is 0.244 e. The minimum absolute atomic E-state index is 0.324. The maximum atomic E-state index is 12.5. The Hall–Kier alpha value is -0.850. The van der Waals surface area contributed by atoms with Gasteiger partial charge in [0, 0.05) is 24.7 Å². The Balaban J connectivity index is 2.11. The summed E-state index contributed by atoms with van der Waals surface area (Å²) in [6.45, 7) is 6.68. The molecule has 0 spiro atoms. The second kappa shape index (κ2) is 6.94. The van der Waals surface area contributed by atoms with E-state index in [2.05, 4.69) is 17.0 Å². The molecule has 0 unspecified atom stereocenters. The number of furan rings is 1. The highest BCUT2D eigenvalue weighted by Gasteiger charge is 2.28. The van der Waals surface area contributed by atoms with Gasteiger partial charge in [0.25, 0.3) is 0 Å². The van der Waals surface area contributed by atoms with Gasteiger partial charge in [0.15, 0.2) is 0 Å². The van der Waals surface area contributed by atoms with Gasteiger partial charge in [-0.25, -0.2) is 13.1 Å². The molecule has 0 bridgehead atoms. The minimum atomic E-state index is -3.49. The van der Waals surface area contributed by atoms with Crippen LogP contribution >= 0.6 is 0 Å². The monoisotopic (exact) mass is 314 g/mol. The Morgan fingerprint density at radius 3 is 2.52 bits per heavy atom. The van der Waals surface area contributed by atoms with Gasteiger partial charge in [0.05, 0.1) is 0 Å². The average molecular weight is 314 g/mol. The van der Waals surface area contributed by atoms with Gasteiger partial charge in [0.1, 0.15) is 16.4 Å². The lowest BCUT2D eigenvalue weighted by atomic mass is 10.2. The van der Waals surface area contributed by atoms with Crippen LogP contribution in [0.3, 0.4) is 0 Å². The summed E-state index contributed by atoms with van der Waals surface area (Å²) in [4.78, 5) is 0.324. The van der Waals surface area contributed by atoms with Crippen molar-refractivity contribution in [2.24, 2.45) is 0 Å². The first-order valence-electron chi connectivity index (χ1n) is 7.77. The summed E-state index contributed by atoms with van der Waals surface area (Å²) in [6.07, 6.45) is 5.31. The molecule has 1 aliphatic carbocycles. The molecule has 1 heterocycles.